The number of hydrogen-bond acceptors (Lipinski definition) is 2. The number of esters is 1. The van der Waals surface area contributed by atoms with Gasteiger partial charge in [-0.3, -0.25) is 4.79 Å². The SMILES string of the molecule is CCCCCC(C)(C)C/C=C\C/C=C\C/C=C\C/C=C\CCC(C)C(=O)OC. The van der Waals surface area contributed by atoms with Crippen LogP contribution in [0.25, 0.3) is 0 Å². The van der Waals surface area contributed by atoms with Crippen LogP contribution < -0.4 is 0 Å². The van der Waals surface area contributed by atoms with Gasteiger partial charge < -0.3 is 4.74 Å². The minimum absolute atomic E-state index is 0.0171. The zero-order valence-electron chi connectivity index (χ0n) is 19.1. The van der Waals surface area contributed by atoms with E-state index in [0.29, 0.717) is 5.41 Å². The summed E-state index contributed by atoms with van der Waals surface area (Å²) in [5.41, 5.74) is 0.434. The molecule has 0 aliphatic carbocycles. The normalized spacial score (nSPS) is 14.0. The molecule has 2 nitrogen and oxygen atoms in total. The van der Waals surface area contributed by atoms with Crippen LogP contribution in [0.2, 0.25) is 0 Å². The molecule has 0 bridgehead atoms. The van der Waals surface area contributed by atoms with Gasteiger partial charge >= 0.3 is 5.97 Å². The van der Waals surface area contributed by atoms with Crippen LogP contribution in [0.4, 0.5) is 0 Å². The Hall–Kier alpha value is -1.57. The summed E-state index contributed by atoms with van der Waals surface area (Å²) in [6, 6.07) is 0. The Bertz CT molecular complexity index is 495. The molecule has 0 amide bonds. The smallest absolute Gasteiger partial charge is 0.308 e. The van der Waals surface area contributed by atoms with Gasteiger partial charge in [0, 0.05) is 0 Å². The number of carbonyl (C=O) groups is 1. The Morgan fingerprint density at radius 3 is 1.96 bits per heavy atom. The van der Waals surface area contributed by atoms with Crippen molar-refractivity contribution in [2.45, 2.75) is 91.9 Å². The van der Waals surface area contributed by atoms with E-state index >= 15 is 0 Å². The molecular formula is C26H44O2. The fourth-order valence-corrected chi connectivity index (χ4v) is 2.95. The highest BCUT2D eigenvalue weighted by Gasteiger charge is 2.14. The van der Waals surface area contributed by atoms with Crippen molar-refractivity contribution < 1.29 is 9.53 Å². The van der Waals surface area contributed by atoms with Crippen LogP contribution in [-0.2, 0) is 9.53 Å². The lowest BCUT2D eigenvalue weighted by atomic mass is 9.83. The molecule has 0 aromatic rings. The van der Waals surface area contributed by atoms with Crippen molar-refractivity contribution in [1.82, 2.24) is 0 Å². The van der Waals surface area contributed by atoms with Crippen LogP contribution in [0, 0.1) is 11.3 Å². The summed E-state index contributed by atoms with van der Waals surface area (Å²) < 4.78 is 4.72. The summed E-state index contributed by atoms with van der Waals surface area (Å²) in [5.74, 6) is -0.137. The van der Waals surface area contributed by atoms with E-state index in [1.54, 1.807) is 0 Å². The molecule has 0 saturated heterocycles. The first kappa shape index (κ1) is 26.4. The molecule has 1 unspecified atom stereocenters. The predicted molar refractivity (Wildman–Crippen MR) is 123 cm³/mol. The lowest BCUT2D eigenvalue weighted by molar-refractivity contribution is -0.144. The molecule has 0 radical (unpaired) electrons. The second-order valence-corrected chi connectivity index (χ2v) is 8.42. The lowest BCUT2D eigenvalue weighted by Crippen LogP contribution is -2.11. The maximum atomic E-state index is 11.3. The van der Waals surface area contributed by atoms with E-state index in [0.717, 1.165) is 32.1 Å². The molecule has 0 N–H and O–H groups in total. The van der Waals surface area contributed by atoms with E-state index in [4.69, 9.17) is 4.74 Å². The third-order valence-corrected chi connectivity index (χ3v) is 4.98. The summed E-state index contributed by atoms with van der Waals surface area (Å²) in [4.78, 5) is 11.3. The van der Waals surface area contributed by atoms with Gasteiger partial charge in [0.2, 0.25) is 0 Å². The molecule has 0 aliphatic rings. The van der Waals surface area contributed by atoms with Gasteiger partial charge in [-0.15, -0.1) is 0 Å². The average molecular weight is 389 g/mol. The van der Waals surface area contributed by atoms with Gasteiger partial charge in [-0.25, -0.2) is 0 Å². The van der Waals surface area contributed by atoms with Gasteiger partial charge in [-0.05, 0) is 50.4 Å². The summed E-state index contributed by atoms with van der Waals surface area (Å²) in [7, 11) is 1.44. The second-order valence-electron chi connectivity index (χ2n) is 8.42. The minimum atomic E-state index is -0.120. The van der Waals surface area contributed by atoms with Gasteiger partial charge in [0.15, 0.2) is 0 Å². The highest BCUT2D eigenvalue weighted by atomic mass is 16.5. The Balaban J connectivity index is 3.73. The van der Waals surface area contributed by atoms with Crippen molar-refractivity contribution in [2.24, 2.45) is 11.3 Å². The van der Waals surface area contributed by atoms with Gasteiger partial charge in [-0.2, -0.15) is 0 Å². The molecule has 28 heavy (non-hydrogen) atoms. The molecule has 0 spiro atoms. The quantitative estimate of drug-likeness (QED) is 0.152. The van der Waals surface area contributed by atoms with Crippen molar-refractivity contribution >= 4 is 5.97 Å². The third kappa shape index (κ3) is 16.6. The van der Waals surface area contributed by atoms with Crippen molar-refractivity contribution in [3.05, 3.63) is 48.6 Å². The molecule has 1 atom stereocenters. The Labute approximate surface area is 174 Å². The largest absolute Gasteiger partial charge is 0.469 e. The number of rotatable bonds is 16. The fraction of sp³-hybridized carbons (Fsp3) is 0.654. The molecule has 160 valence electrons. The number of allylic oxidation sites excluding steroid dienone is 8. The molecule has 0 aliphatic heterocycles. The van der Waals surface area contributed by atoms with Crippen LogP contribution in [0.5, 0.6) is 0 Å². The first-order valence-electron chi connectivity index (χ1n) is 11.1. The van der Waals surface area contributed by atoms with Gasteiger partial charge in [0.1, 0.15) is 0 Å². The van der Waals surface area contributed by atoms with E-state index < -0.39 is 0 Å². The number of unbranched alkanes of at least 4 members (excludes halogenated alkanes) is 2. The van der Waals surface area contributed by atoms with Gasteiger partial charge in [0.25, 0.3) is 0 Å². The maximum absolute atomic E-state index is 11.3. The van der Waals surface area contributed by atoms with Crippen molar-refractivity contribution in [3.63, 3.8) is 0 Å². The average Bonchev–Trinajstić information content (AvgIpc) is 2.67. The molecule has 0 aromatic carbocycles. The molecule has 0 rings (SSSR count). The molecule has 2 heteroatoms. The Kier molecular flexibility index (Phi) is 16.5. The van der Waals surface area contributed by atoms with E-state index in [-0.39, 0.29) is 11.9 Å². The molecule has 0 saturated carbocycles. The molecular weight excluding hydrogens is 344 g/mol. The summed E-state index contributed by atoms with van der Waals surface area (Å²) >= 11 is 0. The van der Waals surface area contributed by atoms with E-state index in [2.05, 4.69) is 69.4 Å². The monoisotopic (exact) mass is 388 g/mol. The number of ether oxygens (including phenoxy) is 1. The van der Waals surface area contributed by atoms with Gasteiger partial charge in [-0.1, -0.05) is 95.6 Å². The van der Waals surface area contributed by atoms with Gasteiger partial charge in [0.05, 0.1) is 13.0 Å². The van der Waals surface area contributed by atoms with Crippen LogP contribution >= 0.6 is 0 Å². The van der Waals surface area contributed by atoms with E-state index in [9.17, 15) is 4.79 Å². The minimum Gasteiger partial charge on any atom is -0.469 e. The topological polar surface area (TPSA) is 26.3 Å². The number of methoxy groups -OCH3 is 1. The maximum Gasteiger partial charge on any atom is 0.308 e. The highest BCUT2D eigenvalue weighted by molar-refractivity contribution is 5.71. The van der Waals surface area contributed by atoms with Crippen molar-refractivity contribution in [1.29, 1.82) is 0 Å². The summed E-state index contributed by atoms with van der Waals surface area (Å²) in [6.07, 6.45) is 29.1. The van der Waals surface area contributed by atoms with Crippen LogP contribution in [0.1, 0.15) is 91.9 Å². The number of hydrogen-bond donors (Lipinski definition) is 0. The van der Waals surface area contributed by atoms with Crippen LogP contribution in [0.3, 0.4) is 0 Å². The van der Waals surface area contributed by atoms with Crippen molar-refractivity contribution in [3.8, 4) is 0 Å². The van der Waals surface area contributed by atoms with E-state index in [1.165, 1.54) is 39.2 Å². The standard InChI is InChI=1S/C26H44O2/c1-6-7-19-22-26(3,4)23-20-17-15-13-11-9-8-10-12-14-16-18-21-24(2)25(27)28-5/h8,10-11,13-14,16-17,20,24H,6-7,9,12,15,18-19,21-23H2,1-5H3/b10-8-,13-11-,16-14-,20-17-. The predicted octanol–water partition coefficient (Wildman–Crippen LogP) is 7.97. The highest BCUT2D eigenvalue weighted by Crippen LogP contribution is 2.28. The Morgan fingerprint density at radius 2 is 1.43 bits per heavy atom. The molecule has 0 aromatic heterocycles. The first-order chi connectivity index (χ1) is 13.4. The van der Waals surface area contributed by atoms with Crippen molar-refractivity contribution in [2.75, 3.05) is 7.11 Å². The fourth-order valence-electron chi connectivity index (χ4n) is 2.95. The Morgan fingerprint density at radius 1 is 0.893 bits per heavy atom. The second kappa shape index (κ2) is 17.5. The third-order valence-electron chi connectivity index (χ3n) is 4.98. The first-order valence-corrected chi connectivity index (χ1v) is 11.1. The zero-order chi connectivity index (χ0) is 21.1. The lowest BCUT2D eigenvalue weighted by Gasteiger charge is -2.22. The van der Waals surface area contributed by atoms with E-state index in [1.807, 2.05) is 6.92 Å². The molecule has 0 heterocycles. The van der Waals surface area contributed by atoms with Crippen LogP contribution in [0.15, 0.2) is 48.6 Å². The zero-order valence-corrected chi connectivity index (χ0v) is 19.1. The summed E-state index contributed by atoms with van der Waals surface area (Å²) in [5, 5.41) is 0. The summed E-state index contributed by atoms with van der Waals surface area (Å²) in [6.45, 7) is 8.93. The van der Waals surface area contributed by atoms with Crippen LogP contribution in [-0.4, -0.2) is 13.1 Å². The number of carbonyl (C=O) groups excluding carboxylic acids is 1. The molecule has 0 fully saturated rings.